The third kappa shape index (κ3) is 3.30. The largest absolute Gasteiger partial charge is 0.339 e. The van der Waals surface area contributed by atoms with Crippen LogP contribution in [-0.4, -0.2) is 34.1 Å². The maximum absolute atomic E-state index is 4.33. The highest BCUT2D eigenvalue weighted by Gasteiger charge is 2.20. The number of aromatic nitrogens is 3. The quantitative estimate of drug-likeness (QED) is 0.914. The monoisotopic (exact) mass is 269 g/mol. The minimum Gasteiger partial charge on any atom is -0.339 e. The van der Waals surface area contributed by atoms with Gasteiger partial charge in [0, 0.05) is 50.5 Å². The molecule has 5 heteroatoms. The molecule has 1 aliphatic rings. The van der Waals surface area contributed by atoms with Gasteiger partial charge in [-0.3, -0.25) is 4.98 Å². The Balaban J connectivity index is 1.56. The number of rotatable bonds is 4. The molecule has 5 nitrogen and oxygen atoms in total. The van der Waals surface area contributed by atoms with Crippen molar-refractivity contribution in [2.75, 3.05) is 18.0 Å². The van der Waals surface area contributed by atoms with E-state index in [1.807, 2.05) is 18.3 Å². The predicted molar refractivity (Wildman–Crippen MR) is 78.3 cm³/mol. The molecule has 3 heterocycles. The van der Waals surface area contributed by atoms with Gasteiger partial charge >= 0.3 is 0 Å². The Bertz CT molecular complexity index is 516. The highest BCUT2D eigenvalue weighted by atomic mass is 15.3. The number of nitrogens with one attached hydrogen (secondary N) is 1. The lowest BCUT2D eigenvalue weighted by atomic mass is 10.1. The molecule has 3 rings (SSSR count). The van der Waals surface area contributed by atoms with Crippen LogP contribution in [0.2, 0.25) is 0 Å². The van der Waals surface area contributed by atoms with Gasteiger partial charge in [0.05, 0.1) is 0 Å². The lowest BCUT2D eigenvalue weighted by Crippen LogP contribution is -2.46. The molecular weight excluding hydrogens is 250 g/mol. The third-order valence-corrected chi connectivity index (χ3v) is 3.57. The second kappa shape index (κ2) is 6.43. The molecular formula is C15H19N5. The fraction of sp³-hybridized carbons (Fsp3) is 0.400. The Morgan fingerprint density at radius 2 is 2.10 bits per heavy atom. The van der Waals surface area contributed by atoms with Crippen molar-refractivity contribution < 1.29 is 0 Å². The Labute approximate surface area is 119 Å². The standard InChI is InChI=1S/C15H19N5/c1-4-13(10-16-6-1)11-19-14-5-2-9-20(12-14)15-17-7-3-8-18-15/h1,3-4,6-8,10,14,19H,2,5,9,11-12H2. The summed E-state index contributed by atoms with van der Waals surface area (Å²) in [4.78, 5) is 15.1. The van der Waals surface area contributed by atoms with Gasteiger partial charge in [0.2, 0.25) is 5.95 Å². The summed E-state index contributed by atoms with van der Waals surface area (Å²) in [6.45, 7) is 2.86. The first-order valence-electron chi connectivity index (χ1n) is 7.06. The van der Waals surface area contributed by atoms with E-state index in [4.69, 9.17) is 0 Å². The van der Waals surface area contributed by atoms with Crippen LogP contribution in [0.15, 0.2) is 43.0 Å². The summed E-state index contributed by atoms with van der Waals surface area (Å²) < 4.78 is 0. The van der Waals surface area contributed by atoms with E-state index in [2.05, 4.69) is 31.2 Å². The fourth-order valence-electron chi connectivity index (χ4n) is 2.54. The minimum atomic E-state index is 0.479. The van der Waals surface area contributed by atoms with E-state index >= 15 is 0 Å². The molecule has 1 unspecified atom stereocenters. The molecule has 0 saturated carbocycles. The van der Waals surface area contributed by atoms with Gasteiger partial charge in [0.25, 0.3) is 0 Å². The van der Waals surface area contributed by atoms with Crippen LogP contribution in [0.1, 0.15) is 18.4 Å². The van der Waals surface area contributed by atoms with Gasteiger partial charge < -0.3 is 10.2 Å². The van der Waals surface area contributed by atoms with E-state index in [0.717, 1.165) is 25.6 Å². The summed E-state index contributed by atoms with van der Waals surface area (Å²) in [6, 6.07) is 6.40. The van der Waals surface area contributed by atoms with Crippen molar-refractivity contribution >= 4 is 5.95 Å². The second-order valence-corrected chi connectivity index (χ2v) is 5.08. The molecule has 1 atom stereocenters. The lowest BCUT2D eigenvalue weighted by Gasteiger charge is -2.33. The Hall–Kier alpha value is -2.01. The van der Waals surface area contributed by atoms with Crippen molar-refractivity contribution in [3.05, 3.63) is 48.5 Å². The highest BCUT2D eigenvalue weighted by molar-refractivity contribution is 5.29. The Morgan fingerprint density at radius 3 is 2.90 bits per heavy atom. The molecule has 1 N–H and O–H groups in total. The van der Waals surface area contributed by atoms with Gasteiger partial charge in [-0.15, -0.1) is 0 Å². The molecule has 0 aliphatic carbocycles. The van der Waals surface area contributed by atoms with Crippen molar-refractivity contribution in [2.24, 2.45) is 0 Å². The summed E-state index contributed by atoms with van der Waals surface area (Å²) in [5.41, 5.74) is 1.22. The highest BCUT2D eigenvalue weighted by Crippen LogP contribution is 2.15. The van der Waals surface area contributed by atoms with Crippen LogP contribution in [0.25, 0.3) is 0 Å². The number of anilines is 1. The van der Waals surface area contributed by atoms with Gasteiger partial charge in [-0.05, 0) is 30.5 Å². The number of nitrogens with zero attached hydrogens (tertiary/aromatic N) is 4. The number of piperidine rings is 1. The van der Waals surface area contributed by atoms with Crippen LogP contribution < -0.4 is 10.2 Å². The average molecular weight is 269 g/mol. The van der Waals surface area contributed by atoms with E-state index in [9.17, 15) is 0 Å². The first-order chi connectivity index (χ1) is 9.92. The molecule has 0 radical (unpaired) electrons. The molecule has 1 aliphatic heterocycles. The summed E-state index contributed by atoms with van der Waals surface area (Å²) >= 11 is 0. The van der Waals surface area contributed by atoms with Crippen molar-refractivity contribution in [1.29, 1.82) is 0 Å². The minimum absolute atomic E-state index is 0.479. The number of hydrogen-bond donors (Lipinski definition) is 1. The molecule has 20 heavy (non-hydrogen) atoms. The van der Waals surface area contributed by atoms with E-state index in [0.29, 0.717) is 6.04 Å². The summed E-state index contributed by atoms with van der Waals surface area (Å²) in [7, 11) is 0. The molecule has 0 bridgehead atoms. The zero-order valence-electron chi connectivity index (χ0n) is 11.4. The smallest absolute Gasteiger partial charge is 0.225 e. The zero-order valence-corrected chi connectivity index (χ0v) is 11.4. The Morgan fingerprint density at radius 1 is 1.20 bits per heavy atom. The predicted octanol–water partition coefficient (Wildman–Crippen LogP) is 1.63. The molecule has 0 amide bonds. The average Bonchev–Trinajstić information content (AvgIpc) is 2.55. The van der Waals surface area contributed by atoms with Crippen LogP contribution >= 0.6 is 0 Å². The first kappa shape index (κ1) is 13.0. The van der Waals surface area contributed by atoms with Gasteiger partial charge in [-0.2, -0.15) is 0 Å². The van der Waals surface area contributed by atoms with E-state index < -0.39 is 0 Å². The second-order valence-electron chi connectivity index (χ2n) is 5.08. The fourth-order valence-corrected chi connectivity index (χ4v) is 2.54. The summed E-state index contributed by atoms with van der Waals surface area (Å²) in [5, 5.41) is 3.60. The van der Waals surface area contributed by atoms with Crippen molar-refractivity contribution in [3.63, 3.8) is 0 Å². The molecule has 1 fully saturated rings. The molecule has 1 saturated heterocycles. The van der Waals surface area contributed by atoms with Crippen molar-refractivity contribution in [2.45, 2.75) is 25.4 Å². The topological polar surface area (TPSA) is 53.9 Å². The number of pyridine rings is 1. The van der Waals surface area contributed by atoms with Crippen LogP contribution in [-0.2, 0) is 6.54 Å². The van der Waals surface area contributed by atoms with Gasteiger partial charge in [-0.25, -0.2) is 9.97 Å². The Kier molecular flexibility index (Phi) is 4.18. The van der Waals surface area contributed by atoms with Crippen molar-refractivity contribution in [1.82, 2.24) is 20.3 Å². The maximum atomic E-state index is 4.33. The lowest BCUT2D eigenvalue weighted by molar-refractivity contribution is 0.418. The normalized spacial score (nSPS) is 19.0. The van der Waals surface area contributed by atoms with E-state index in [-0.39, 0.29) is 0 Å². The van der Waals surface area contributed by atoms with E-state index in [1.165, 1.54) is 18.4 Å². The molecule has 0 spiro atoms. The van der Waals surface area contributed by atoms with Crippen LogP contribution in [0.3, 0.4) is 0 Å². The molecule has 2 aromatic rings. The third-order valence-electron chi connectivity index (χ3n) is 3.57. The van der Waals surface area contributed by atoms with Crippen LogP contribution in [0.5, 0.6) is 0 Å². The van der Waals surface area contributed by atoms with Crippen LogP contribution in [0.4, 0.5) is 5.95 Å². The maximum Gasteiger partial charge on any atom is 0.225 e. The van der Waals surface area contributed by atoms with Gasteiger partial charge in [0.1, 0.15) is 0 Å². The summed E-state index contributed by atoms with van der Waals surface area (Å²) in [6.07, 6.45) is 9.68. The SMILES string of the molecule is c1cnc(N2CCCC(NCc3cccnc3)C2)nc1. The van der Waals surface area contributed by atoms with Crippen molar-refractivity contribution in [3.8, 4) is 0 Å². The molecule has 104 valence electrons. The van der Waals surface area contributed by atoms with E-state index in [1.54, 1.807) is 18.6 Å². The zero-order chi connectivity index (χ0) is 13.6. The van der Waals surface area contributed by atoms with Gasteiger partial charge in [0.15, 0.2) is 0 Å². The van der Waals surface area contributed by atoms with Crippen LogP contribution in [0, 0.1) is 0 Å². The molecule has 0 aromatic carbocycles. The summed E-state index contributed by atoms with van der Waals surface area (Å²) in [5.74, 6) is 0.834. The number of hydrogen-bond acceptors (Lipinski definition) is 5. The van der Waals surface area contributed by atoms with Gasteiger partial charge in [-0.1, -0.05) is 6.07 Å². The molecule has 2 aromatic heterocycles. The first-order valence-corrected chi connectivity index (χ1v) is 7.06.